The fourth-order valence-electron chi connectivity index (χ4n) is 2.25. The van der Waals surface area contributed by atoms with E-state index in [4.69, 9.17) is 5.73 Å². The first-order valence-corrected chi connectivity index (χ1v) is 8.10. The van der Waals surface area contributed by atoms with E-state index in [1.54, 1.807) is 18.0 Å². The zero-order chi connectivity index (χ0) is 14.9. The molecule has 112 valence electrons. The number of nitrogens with two attached hydrogens (primary N) is 1. The Labute approximate surface area is 120 Å². The van der Waals surface area contributed by atoms with Gasteiger partial charge in [-0.2, -0.15) is 0 Å². The van der Waals surface area contributed by atoms with Gasteiger partial charge < -0.3 is 10.6 Å². The number of sulfonamides is 1. The van der Waals surface area contributed by atoms with Gasteiger partial charge in [-0.25, -0.2) is 13.4 Å². The Hall–Kier alpha value is -1.15. The number of anilines is 1. The zero-order valence-corrected chi connectivity index (χ0v) is 13.0. The van der Waals surface area contributed by atoms with Crippen LogP contribution >= 0.6 is 0 Å². The van der Waals surface area contributed by atoms with Crippen LogP contribution in [-0.4, -0.2) is 51.6 Å². The highest BCUT2D eigenvalue weighted by atomic mass is 32.2. The maximum Gasteiger partial charge on any atom is 0.253 e. The molecule has 1 fully saturated rings. The van der Waals surface area contributed by atoms with Crippen molar-refractivity contribution >= 4 is 15.7 Å². The monoisotopic (exact) mass is 298 g/mol. The number of hydrogen-bond donors (Lipinski definition) is 2. The van der Waals surface area contributed by atoms with E-state index in [2.05, 4.69) is 9.73 Å². The maximum absolute atomic E-state index is 12.5. The molecule has 1 aliphatic rings. The van der Waals surface area contributed by atoms with Crippen molar-refractivity contribution in [1.29, 1.82) is 0 Å². The van der Waals surface area contributed by atoms with Gasteiger partial charge in [0.25, 0.3) is 10.0 Å². The van der Waals surface area contributed by atoms with Gasteiger partial charge in [-0.15, -0.1) is 4.83 Å². The first-order valence-electron chi connectivity index (χ1n) is 6.62. The lowest BCUT2D eigenvalue weighted by Crippen LogP contribution is -2.52. The molecule has 1 heterocycles. The molecule has 0 aromatic heterocycles. The average molecular weight is 298 g/mol. The molecule has 0 aliphatic carbocycles. The topological polar surface area (TPSA) is 78.7 Å². The molecule has 6 nitrogen and oxygen atoms in total. The fourth-order valence-corrected chi connectivity index (χ4v) is 3.73. The van der Waals surface area contributed by atoms with Crippen LogP contribution in [0.4, 0.5) is 5.69 Å². The van der Waals surface area contributed by atoms with Gasteiger partial charge in [0.1, 0.15) is 0 Å². The van der Waals surface area contributed by atoms with Crippen LogP contribution in [0.1, 0.15) is 11.1 Å². The standard InChI is InChI=1S/C13H22N4O2S/c1-10-8-12(14)9-13(11(10)2)20(18,19)15-17-6-4-16(3)5-7-17/h8-9,15H,4-7,14H2,1-3H3. The predicted octanol–water partition coefficient (Wildman–Crippen LogP) is 0.326. The third kappa shape index (κ3) is 3.29. The summed E-state index contributed by atoms with van der Waals surface area (Å²) in [5, 5.41) is 1.74. The summed E-state index contributed by atoms with van der Waals surface area (Å²) in [5.41, 5.74) is 7.84. The maximum atomic E-state index is 12.5. The molecule has 0 amide bonds. The van der Waals surface area contributed by atoms with E-state index in [9.17, 15) is 8.42 Å². The molecular weight excluding hydrogens is 276 g/mol. The highest BCUT2D eigenvalue weighted by Gasteiger charge is 2.23. The molecule has 0 bridgehead atoms. The van der Waals surface area contributed by atoms with E-state index in [0.717, 1.165) is 24.2 Å². The number of nitrogens with zero attached hydrogens (tertiary/aromatic N) is 2. The van der Waals surface area contributed by atoms with Crippen molar-refractivity contribution in [2.45, 2.75) is 18.7 Å². The highest BCUT2D eigenvalue weighted by Crippen LogP contribution is 2.22. The van der Waals surface area contributed by atoms with Crippen LogP contribution in [0.25, 0.3) is 0 Å². The minimum absolute atomic E-state index is 0.258. The van der Waals surface area contributed by atoms with Crippen LogP contribution in [0.3, 0.4) is 0 Å². The lowest BCUT2D eigenvalue weighted by Gasteiger charge is -2.32. The van der Waals surface area contributed by atoms with Gasteiger partial charge in [-0.05, 0) is 44.2 Å². The quantitative estimate of drug-likeness (QED) is 0.786. The number of benzene rings is 1. The Morgan fingerprint density at radius 1 is 1.15 bits per heavy atom. The second kappa shape index (κ2) is 5.69. The minimum atomic E-state index is -3.58. The largest absolute Gasteiger partial charge is 0.399 e. The predicted molar refractivity (Wildman–Crippen MR) is 79.7 cm³/mol. The number of aryl methyl sites for hydroxylation is 1. The van der Waals surface area contributed by atoms with Gasteiger partial charge in [0.05, 0.1) is 4.90 Å². The van der Waals surface area contributed by atoms with Gasteiger partial charge >= 0.3 is 0 Å². The Kier molecular flexibility index (Phi) is 4.33. The first kappa shape index (κ1) is 15.2. The number of nitrogen functional groups attached to an aromatic ring is 1. The molecule has 0 unspecified atom stereocenters. The highest BCUT2D eigenvalue weighted by molar-refractivity contribution is 7.89. The molecule has 0 saturated carbocycles. The second-order valence-electron chi connectivity index (χ2n) is 5.35. The molecule has 0 atom stereocenters. The minimum Gasteiger partial charge on any atom is -0.399 e. The average Bonchev–Trinajstić information content (AvgIpc) is 2.36. The third-order valence-corrected chi connectivity index (χ3v) is 5.19. The summed E-state index contributed by atoms with van der Waals surface area (Å²) in [6.45, 7) is 6.70. The molecule has 2 rings (SSSR count). The molecule has 7 heteroatoms. The van der Waals surface area contributed by atoms with Crippen molar-refractivity contribution in [3.8, 4) is 0 Å². The molecule has 1 aromatic rings. The number of hydrazine groups is 1. The smallest absolute Gasteiger partial charge is 0.253 e. The summed E-state index contributed by atoms with van der Waals surface area (Å²) in [4.78, 5) is 5.08. The van der Waals surface area contributed by atoms with Gasteiger partial charge in [0, 0.05) is 31.9 Å². The third-order valence-electron chi connectivity index (χ3n) is 3.68. The summed E-state index contributed by atoms with van der Waals surface area (Å²) in [5.74, 6) is 0. The van der Waals surface area contributed by atoms with Crippen molar-refractivity contribution < 1.29 is 8.42 Å². The van der Waals surface area contributed by atoms with Crippen molar-refractivity contribution in [2.24, 2.45) is 0 Å². The SMILES string of the molecule is Cc1cc(N)cc(S(=O)(=O)NN2CCN(C)CC2)c1C. The van der Waals surface area contributed by atoms with Crippen molar-refractivity contribution in [1.82, 2.24) is 14.7 Å². The molecule has 0 radical (unpaired) electrons. The number of piperazine rings is 1. The van der Waals surface area contributed by atoms with E-state index in [-0.39, 0.29) is 4.90 Å². The van der Waals surface area contributed by atoms with E-state index in [0.29, 0.717) is 18.8 Å². The van der Waals surface area contributed by atoms with Crippen LogP contribution < -0.4 is 10.6 Å². The Balaban J connectivity index is 2.23. The van der Waals surface area contributed by atoms with Crippen LogP contribution in [0, 0.1) is 13.8 Å². The van der Waals surface area contributed by atoms with Crippen LogP contribution in [0.2, 0.25) is 0 Å². The Bertz CT molecular complexity index is 593. The zero-order valence-electron chi connectivity index (χ0n) is 12.2. The first-order chi connectivity index (χ1) is 9.29. The van der Waals surface area contributed by atoms with Gasteiger partial charge in [-0.1, -0.05) is 0 Å². The van der Waals surface area contributed by atoms with Crippen molar-refractivity contribution in [3.63, 3.8) is 0 Å². The number of rotatable bonds is 3. The van der Waals surface area contributed by atoms with Crippen molar-refractivity contribution in [2.75, 3.05) is 39.0 Å². The van der Waals surface area contributed by atoms with E-state index in [1.165, 1.54) is 6.07 Å². The summed E-state index contributed by atoms with van der Waals surface area (Å²) < 4.78 is 25.0. The molecule has 20 heavy (non-hydrogen) atoms. The van der Waals surface area contributed by atoms with E-state index >= 15 is 0 Å². The number of nitrogens with one attached hydrogen (secondary N) is 1. The summed E-state index contributed by atoms with van der Waals surface area (Å²) in [7, 11) is -1.55. The lowest BCUT2D eigenvalue weighted by atomic mass is 10.1. The molecule has 0 spiro atoms. The molecule has 1 aromatic carbocycles. The van der Waals surface area contributed by atoms with Gasteiger partial charge in [0.2, 0.25) is 0 Å². The summed E-state index contributed by atoms with van der Waals surface area (Å²) in [6.07, 6.45) is 0. The summed E-state index contributed by atoms with van der Waals surface area (Å²) in [6, 6.07) is 3.30. The van der Waals surface area contributed by atoms with E-state index in [1.807, 2.05) is 14.0 Å². The van der Waals surface area contributed by atoms with Crippen molar-refractivity contribution in [3.05, 3.63) is 23.3 Å². The van der Waals surface area contributed by atoms with Crippen LogP contribution in [-0.2, 0) is 10.0 Å². The molecule has 1 saturated heterocycles. The van der Waals surface area contributed by atoms with Crippen LogP contribution in [0.5, 0.6) is 0 Å². The van der Waals surface area contributed by atoms with Crippen LogP contribution in [0.15, 0.2) is 17.0 Å². The number of likely N-dealkylation sites (N-methyl/N-ethyl adjacent to an activating group) is 1. The molecule has 3 N–H and O–H groups in total. The Morgan fingerprint density at radius 3 is 2.35 bits per heavy atom. The van der Waals surface area contributed by atoms with Gasteiger partial charge in [-0.3, -0.25) is 0 Å². The Morgan fingerprint density at radius 2 is 1.75 bits per heavy atom. The fraction of sp³-hybridized carbons (Fsp3) is 0.538. The lowest BCUT2D eigenvalue weighted by molar-refractivity contribution is 0.135. The molecule has 1 aliphatic heterocycles. The second-order valence-corrected chi connectivity index (χ2v) is 6.98. The normalized spacial score (nSPS) is 18.4. The number of hydrogen-bond acceptors (Lipinski definition) is 5. The van der Waals surface area contributed by atoms with E-state index < -0.39 is 10.0 Å². The van der Waals surface area contributed by atoms with Gasteiger partial charge in [0.15, 0.2) is 0 Å². The summed E-state index contributed by atoms with van der Waals surface area (Å²) >= 11 is 0. The molecular formula is C13H22N4O2S.